The Labute approximate surface area is 131 Å². The third-order valence-corrected chi connectivity index (χ3v) is 5.46. The zero-order valence-corrected chi connectivity index (χ0v) is 13.0. The minimum atomic E-state index is -0.222. The lowest BCUT2D eigenvalue weighted by Gasteiger charge is -2.10. The molecule has 1 amide bonds. The number of thiophene rings is 1. The molecule has 2 aromatic rings. The van der Waals surface area contributed by atoms with Crippen molar-refractivity contribution in [1.82, 2.24) is 5.32 Å². The number of nitrogens with two attached hydrogens (primary N) is 1. The van der Waals surface area contributed by atoms with Crippen LogP contribution in [0.5, 0.6) is 0 Å². The molecule has 1 aliphatic carbocycles. The second kappa shape index (κ2) is 5.83. The Hall–Kier alpha value is -1.30. The molecule has 0 spiro atoms. The molecule has 0 radical (unpaired) electrons. The Kier molecular flexibility index (Phi) is 4.06. The molecule has 1 aliphatic rings. The summed E-state index contributed by atoms with van der Waals surface area (Å²) in [6, 6.07) is 5.53. The largest absolute Gasteiger partial charge is 0.397 e. The van der Waals surface area contributed by atoms with Crippen LogP contribution in [0.2, 0.25) is 5.02 Å². The predicted octanol–water partition coefficient (Wildman–Crippen LogP) is 3.03. The molecule has 0 saturated heterocycles. The van der Waals surface area contributed by atoms with Crippen molar-refractivity contribution in [3.05, 3.63) is 28.1 Å². The highest BCUT2D eigenvalue weighted by Crippen LogP contribution is 2.38. The van der Waals surface area contributed by atoms with Gasteiger partial charge in [0.25, 0.3) is 5.91 Å². The van der Waals surface area contributed by atoms with Gasteiger partial charge >= 0.3 is 0 Å². The molecule has 1 aromatic carbocycles. The van der Waals surface area contributed by atoms with Crippen LogP contribution >= 0.6 is 22.9 Å². The van der Waals surface area contributed by atoms with Gasteiger partial charge in [-0.25, -0.2) is 0 Å². The first-order valence-corrected chi connectivity index (χ1v) is 8.18. The fraction of sp³-hybridized carbons (Fsp3) is 0.400. The van der Waals surface area contributed by atoms with Crippen LogP contribution in [0.15, 0.2) is 18.2 Å². The van der Waals surface area contributed by atoms with E-state index in [2.05, 4.69) is 5.32 Å². The number of aliphatic hydroxyl groups is 1. The number of anilines is 1. The van der Waals surface area contributed by atoms with E-state index in [1.165, 1.54) is 11.3 Å². The Morgan fingerprint density at radius 1 is 1.48 bits per heavy atom. The molecule has 1 saturated carbocycles. The summed E-state index contributed by atoms with van der Waals surface area (Å²) in [5, 5.41) is 13.8. The summed E-state index contributed by atoms with van der Waals surface area (Å²) in [6.45, 7) is 0.581. The standard InChI is InChI=1S/C15H17ClN2O2S/c16-10-2-1-3-11-12(10)13(17)14(21-11)15(20)18-7-8-4-5-9(19)6-8/h1-3,8-9,19H,4-7,17H2,(H,18,20). The Morgan fingerprint density at radius 2 is 2.29 bits per heavy atom. The van der Waals surface area contributed by atoms with E-state index in [1.54, 1.807) is 6.07 Å². The maximum Gasteiger partial charge on any atom is 0.263 e. The van der Waals surface area contributed by atoms with E-state index in [-0.39, 0.29) is 12.0 Å². The van der Waals surface area contributed by atoms with Crippen LogP contribution in [0.25, 0.3) is 10.1 Å². The van der Waals surface area contributed by atoms with Gasteiger partial charge in [0, 0.05) is 16.6 Å². The maximum atomic E-state index is 12.3. The van der Waals surface area contributed by atoms with Crippen LogP contribution in [-0.2, 0) is 0 Å². The van der Waals surface area contributed by atoms with E-state index >= 15 is 0 Å². The third kappa shape index (κ3) is 2.86. The first kappa shape index (κ1) is 14.6. The second-order valence-corrected chi connectivity index (χ2v) is 6.96. The van der Waals surface area contributed by atoms with Gasteiger partial charge in [-0.1, -0.05) is 17.7 Å². The van der Waals surface area contributed by atoms with Crippen molar-refractivity contribution in [2.45, 2.75) is 25.4 Å². The van der Waals surface area contributed by atoms with E-state index in [9.17, 15) is 9.90 Å². The van der Waals surface area contributed by atoms with E-state index < -0.39 is 0 Å². The molecular formula is C15H17ClN2O2S. The summed E-state index contributed by atoms with van der Waals surface area (Å²) in [4.78, 5) is 12.8. The van der Waals surface area contributed by atoms with Crippen molar-refractivity contribution < 1.29 is 9.90 Å². The summed E-state index contributed by atoms with van der Waals surface area (Å²) in [6.07, 6.45) is 2.31. The van der Waals surface area contributed by atoms with Gasteiger partial charge in [-0.05, 0) is 37.3 Å². The van der Waals surface area contributed by atoms with Gasteiger partial charge in [0.05, 0.1) is 16.8 Å². The number of rotatable bonds is 3. The summed E-state index contributed by atoms with van der Waals surface area (Å²) in [7, 11) is 0. The number of benzene rings is 1. The van der Waals surface area contributed by atoms with Gasteiger partial charge in [0.15, 0.2) is 0 Å². The zero-order valence-electron chi connectivity index (χ0n) is 11.4. The fourth-order valence-electron chi connectivity index (χ4n) is 2.85. The molecule has 1 aromatic heterocycles. The number of fused-ring (bicyclic) bond motifs is 1. The van der Waals surface area contributed by atoms with Crippen molar-refractivity contribution in [3.8, 4) is 0 Å². The molecule has 4 nitrogen and oxygen atoms in total. The number of carbonyl (C=O) groups is 1. The van der Waals surface area contributed by atoms with Crippen molar-refractivity contribution in [3.63, 3.8) is 0 Å². The van der Waals surface area contributed by atoms with Crippen LogP contribution in [0.3, 0.4) is 0 Å². The van der Waals surface area contributed by atoms with E-state index in [0.29, 0.717) is 28.0 Å². The molecule has 0 bridgehead atoms. The normalized spacial score (nSPS) is 21.8. The minimum absolute atomic E-state index is 0.161. The topological polar surface area (TPSA) is 75.4 Å². The number of nitrogens with one attached hydrogen (secondary N) is 1. The second-order valence-electron chi connectivity index (χ2n) is 5.50. The zero-order chi connectivity index (χ0) is 15.0. The average Bonchev–Trinajstić information content (AvgIpc) is 3.01. The van der Waals surface area contributed by atoms with Gasteiger partial charge in [0.2, 0.25) is 0 Å². The first-order valence-electron chi connectivity index (χ1n) is 6.99. The molecule has 1 fully saturated rings. The molecule has 2 unspecified atom stereocenters. The lowest BCUT2D eigenvalue weighted by atomic mass is 10.1. The third-order valence-electron chi connectivity index (χ3n) is 3.97. The maximum absolute atomic E-state index is 12.3. The smallest absolute Gasteiger partial charge is 0.263 e. The number of aliphatic hydroxyl groups excluding tert-OH is 1. The average molecular weight is 325 g/mol. The van der Waals surface area contributed by atoms with Crippen molar-refractivity contribution in [2.24, 2.45) is 5.92 Å². The highest BCUT2D eigenvalue weighted by atomic mass is 35.5. The highest BCUT2D eigenvalue weighted by molar-refractivity contribution is 7.21. The van der Waals surface area contributed by atoms with Gasteiger partial charge < -0.3 is 16.2 Å². The molecule has 21 heavy (non-hydrogen) atoms. The van der Waals surface area contributed by atoms with E-state index in [4.69, 9.17) is 17.3 Å². The van der Waals surface area contributed by atoms with E-state index in [0.717, 1.165) is 29.3 Å². The SMILES string of the molecule is Nc1c(C(=O)NCC2CCC(O)C2)sc2cccc(Cl)c12. The first-order chi connectivity index (χ1) is 10.1. The number of halogens is 1. The van der Waals surface area contributed by atoms with Crippen molar-refractivity contribution in [1.29, 1.82) is 0 Å². The fourth-order valence-corrected chi connectivity index (χ4v) is 4.25. The van der Waals surface area contributed by atoms with Crippen LogP contribution in [-0.4, -0.2) is 23.7 Å². The van der Waals surface area contributed by atoms with Gasteiger partial charge in [-0.15, -0.1) is 11.3 Å². The van der Waals surface area contributed by atoms with Crippen molar-refractivity contribution in [2.75, 3.05) is 12.3 Å². The minimum Gasteiger partial charge on any atom is -0.397 e. The molecule has 3 rings (SSSR count). The number of hydrogen-bond acceptors (Lipinski definition) is 4. The molecule has 6 heteroatoms. The number of amides is 1. The van der Waals surface area contributed by atoms with Gasteiger partial charge in [-0.3, -0.25) is 4.79 Å². The molecule has 1 heterocycles. The lowest BCUT2D eigenvalue weighted by molar-refractivity contribution is 0.0950. The van der Waals surface area contributed by atoms with Crippen LogP contribution < -0.4 is 11.1 Å². The molecule has 0 aliphatic heterocycles. The summed E-state index contributed by atoms with van der Waals surface area (Å²) in [5.41, 5.74) is 6.52. The summed E-state index contributed by atoms with van der Waals surface area (Å²) in [5.74, 6) is 0.189. The summed E-state index contributed by atoms with van der Waals surface area (Å²) >= 11 is 7.50. The van der Waals surface area contributed by atoms with E-state index in [1.807, 2.05) is 12.1 Å². The monoisotopic (exact) mass is 324 g/mol. The molecule has 4 N–H and O–H groups in total. The Morgan fingerprint density at radius 3 is 2.95 bits per heavy atom. The molecular weight excluding hydrogens is 308 g/mol. The van der Waals surface area contributed by atoms with Crippen molar-refractivity contribution >= 4 is 44.6 Å². The van der Waals surface area contributed by atoms with Crippen LogP contribution in [0.1, 0.15) is 28.9 Å². The van der Waals surface area contributed by atoms with Crippen LogP contribution in [0.4, 0.5) is 5.69 Å². The van der Waals surface area contributed by atoms with Gasteiger partial charge in [0.1, 0.15) is 4.88 Å². The molecule has 112 valence electrons. The van der Waals surface area contributed by atoms with Crippen LogP contribution in [0, 0.1) is 5.92 Å². The summed E-state index contributed by atoms with van der Waals surface area (Å²) < 4.78 is 0.918. The lowest BCUT2D eigenvalue weighted by Crippen LogP contribution is -2.28. The molecule has 2 atom stereocenters. The predicted molar refractivity (Wildman–Crippen MR) is 86.9 cm³/mol. The Balaban J connectivity index is 1.76. The number of hydrogen-bond donors (Lipinski definition) is 3. The number of carbonyl (C=O) groups excluding carboxylic acids is 1. The van der Waals surface area contributed by atoms with Gasteiger partial charge in [-0.2, -0.15) is 0 Å². The quantitative estimate of drug-likeness (QED) is 0.812. The Bertz CT molecular complexity index is 686. The highest BCUT2D eigenvalue weighted by Gasteiger charge is 2.24. The number of nitrogen functional groups attached to an aromatic ring is 1.